The van der Waals surface area contributed by atoms with E-state index in [1.165, 1.54) is 0 Å². The van der Waals surface area contributed by atoms with Crippen molar-refractivity contribution in [2.75, 3.05) is 0 Å². The first kappa shape index (κ1) is 11.9. The minimum atomic E-state index is -0.173. The molecule has 0 amide bonds. The van der Waals surface area contributed by atoms with Crippen molar-refractivity contribution in [2.45, 2.75) is 25.4 Å². The van der Waals surface area contributed by atoms with E-state index in [4.69, 9.17) is 10.5 Å². The van der Waals surface area contributed by atoms with Gasteiger partial charge >= 0.3 is 5.56 Å². The highest BCUT2D eigenvalue weighted by atomic mass is 16.5. The van der Waals surface area contributed by atoms with Crippen LogP contribution in [0.3, 0.4) is 0 Å². The maximum atomic E-state index is 12.1. The molecular weight excluding hydrogens is 242 g/mol. The van der Waals surface area contributed by atoms with Crippen LogP contribution in [0.5, 0.6) is 11.6 Å². The molecule has 2 N–H and O–H groups in total. The third-order valence-corrected chi connectivity index (χ3v) is 3.15. The van der Waals surface area contributed by atoms with Crippen LogP contribution in [-0.2, 0) is 6.54 Å². The fourth-order valence-electron chi connectivity index (χ4n) is 1.92. The molecule has 0 atom stereocenters. The van der Waals surface area contributed by atoms with Gasteiger partial charge in [0.25, 0.3) is 5.88 Å². The van der Waals surface area contributed by atoms with E-state index in [0.29, 0.717) is 18.3 Å². The summed E-state index contributed by atoms with van der Waals surface area (Å²) in [7, 11) is 0. The van der Waals surface area contributed by atoms with Gasteiger partial charge in [0.05, 0.1) is 0 Å². The van der Waals surface area contributed by atoms with Crippen LogP contribution >= 0.6 is 0 Å². The molecular formula is C14H15N3O2. The third-order valence-electron chi connectivity index (χ3n) is 3.15. The van der Waals surface area contributed by atoms with Crippen molar-refractivity contribution >= 4 is 0 Å². The predicted molar refractivity (Wildman–Crippen MR) is 71.2 cm³/mol. The molecule has 1 saturated carbocycles. The van der Waals surface area contributed by atoms with E-state index in [1.54, 1.807) is 29.1 Å². The number of ether oxygens (including phenoxy) is 1. The van der Waals surface area contributed by atoms with Crippen LogP contribution in [0.4, 0.5) is 0 Å². The molecule has 2 aromatic rings. The molecule has 3 rings (SSSR count). The second kappa shape index (κ2) is 4.85. The summed E-state index contributed by atoms with van der Waals surface area (Å²) in [5.41, 5.74) is 6.37. The fraction of sp³-hybridized carbons (Fsp3) is 0.286. The largest absolute Gasteiger partial charge is 0.435 e. The SMILES string of the molecule is NCc1ccc(Oc2nccn(C3CC3)c2=O)cc1. The summed E-state index contributed by atoms with van der Waals surface area (Å²) in [4.78, 5) is 16.1. The van der Waals surface area contributed by atoms with Gasteiger partial charge < -0.3 is 15.0 Å². The highest BCUT2D eigenvalue weighted by Gasteiger charge is 2.25. The summed E-state index contributed by atoms with van der Waals surface area (Å²) in [6, 6.07) is 7.64. The molecule has 0 spiro atoms. The molecule has 1 fully saturated rings. The van der Waals surface area contributed by atoms with Crippen LogP contribution in [0.15, 0.2) is 41.5 Å². The van der Waals surface area contributed by atoms with Gasteiger partial charge in [-0.1, -0.05) is 12.1 Å². The molecule has 0 saturated heterocycles. The zero-order valence-corrected chi connectivity index (χ0v) is 10.5. The van der Waals surface area contributed by atoms with E-state index >= 15 is 0 Å². The van der Waals surface area contributed by atoms with Crippen LogP contribution in [0, 0.1) is 0 Å². The molecule has 1 aliphatic rings. The van der Waals surface area contributed by atoms with Crippen LogP contribution in [0.2, 0.25) is 0 Å². The summed E-state index contributed by atoms with van der Waals surface area (Å²) < 4.78 is 7.23. The highest BCUT2D eigenvalue weighted by molar-refractivity contribution is 5.29. The first-order chi connectivity index (χ1) is 9.28. The lowest BCUT2D eigenvalue weighted by Gasteiger charge is -2.07. The van der Waals surface area contributed by atoms with Crippen molar-refractivity contribution in [3.8, 4) is 11.6 Å². The molecule has 98 valence electrons. The van der Waals surface area contributed by atoms with Crippen LogP contribution < -0.4 is 16.0 Å². The molecule has 0 unspecified atom stereocenters. The van der Waals surface area contributed by atoms with Crippen LogP contribution in [0.1, 0.15) is 24.4 Å². The van der Waals surface area contributed by atoms with Gasteiger partial charge in [-0.05, 0) is 30.5 Å². The maximum absolute atomic E-state index is 12.1. The van der Waals surface area contributed by atoms with Crippen molar-refractivity contribution in [1.82, 2.24) is 9.55 Å². The Morgan fingerprint density at radius 1 is 1.32 bits per heavy atom. The van der Waals surface area contributed by atoms with Crippen molar-refractivity contribution in [3.05, 3.63) is 52.6 Å². The maximum Gasteiger partial charge on any atom is 0.313 e. The van der Waals surface area contributed by atoms with Gasteiger partial charge in [0.15, 0.2) is 0 Å². The molecule has 1 heterocycles. The highest BCUT2D eigenvalue weighted by Crippen LogP contribution is 2.33. The Hall–Kier alpha value is -2.14. The summed E-state index contributed by atoms with van der Waals surface area (Å²) >= 11 is 0. The number of aromatic nitrogens is 2. The van der Waals surface area contributed by atoms with Gasteiger partial charge in [-0.3, -0.25) is 4.79 Å². The van der Waals surface area contributed by atoms with E-state index in [2.05, 4.69) is 4.98 Å². The van der Waals surface area contributed by atoms with Gasteiger partial charge in [0.2, 0.25) is 0 Å². The number of hydrogen-bond donors (Lipinski definition) is 1. The first-order valence-corrected chi connectivity index (χ1v) is 6.32. The number of nitrogens with zero attached hydrogens (tertiary/aromatic N) is 2. The van der Waals surface area contributed by atoms with Gasteiger partial charge in [0.1, 0.15) is 5.75 Å². The lowest BCUT2D eigenvalue weighted by Crippen LogP contribution is -2.20. The fourth-order valence-corrected chi connectivity index (χ4v) is 1.92. The van der Waals surface area contributed by atoms with E-state index in [9.17, 15) is 4.79 Å². The van der Waals surface area contributed by atoms with Gasteiger partial charge in [0, 0.05) is 25.0 Å². The van der Waals surface area contributed by atoms with Crippen molar-refractivity contribution in [1.29, 1.82) is 0 Å². The average molecular weight is 257 g/mol. The Labute approximate surface area is 110 Å². The Bertz CT molecular complexity index is 630. The number of hydrogen-bond acceptors (Lipinski definition) is 4. The lowest BCUT2D eigenvalue weighted by molar-refractivity contribution is 0.444. The third kappa shape index (κ3) is 2.51. The molecule has 19 heavy (non-hydrogen) atoms. The first-order valence-electron chi connectivity index (χ1n) is 6.32. The monoisotopic (exact) mass is 257 g/mol. The summed E-state index contributed by atoms with van der Waals surface area (Å²) in [6.07, 6.45) is 5.41. The summed E-state index contributed by atoms with van der Waals surface area (Å²) in [5, 5.41) is 0. The Morgan fingerprint density at radius 3 is 2.68 bits per heavy atom. The quantitative estimate of drug-likeness (QED) is 0.907. The zero-order valence-electron chi connectivity index (χ0n) is 10.5. The number of rotatable bonds is 4. The number of benzene rings is 1. The Kier molecular flexibility index (Phi) is 3.05. The van der Waals surface area contributed by atoms with Crippen LogP contribution in [-0.4, -0.2) is 9.55 Å². The Morgan fingerprint density at radius 2 is 2.05 bits per heavy atom. The molecule has 1 aromatic heterocycles. The minimum Gasteiger partial charge on any atom is -0.435 e. The second-order valence-electron chi connectivity index (χ2n) is 4.63. The van der Waals surface area contributed by atoms with Crippen LogP contribution in [0.25, 0.3) is 0 Å². The Balaban J connectivity index is 1.86. The van der Waals surface area contributed by atoms with Crippen molar-refractivity contribution in [2.24, 2.45) is 5.73 Å². The number of nitrogens with two attached hydrogens (primary N) is 1. The van der Waals surface area contributed by atoms with Gasteiger partial charge in [-0.15, -0.1) is 0 Å². The lowest BCUT2D eigenvalue weighted by atomic mass is 10.2. The van der Waals surface area contributed by atoms with Gasteiger partial charge in [-0.2, -0.15) is 0 Å². The normalized spacial score (nSPS) is 14.4. The minimum absolute atomic E-state index is 0.120. The zero-order chi connectivity index (χ0) is 13.2. The molecule has 0 aliphatic heterocycles. The smallest absolute Gasteiger partial charge is 0.313 e. The standard InChI is InChI=1S/C14H15N3O2/c15-9-10-1-5-12(6-2-10)19-13-14(18)17(8-7-16-13)11-3-4-11/h1-2,5-8,11H,3-4,9,15H2. The second-order valence-corrected chi connectivity index (χ2v) is 4.63. The van der Waals surface area contributed by atoms with Crippen molar-refractivity contribution < 1.29 is 4.74 Å². The van der Waals surface area contributed by atoms with Gasteiger partial charge in [-0.25, -0.2) is 4.98 Å². The molecule has 1 aliphatic carbocycles. The molecule has 5 heteroatoms. The molecule has 1 aromatic carbocycles. The van der Waals surface area contributed by atoms with E-state index in [1.807, 2.05) is 12.1 Å². The topological polar surface area (TPSA) is 70.1 Å². The summed E-state index contributed by atoms with van der Waals surface area (Å²) in [6.45, 7) is 0.484. The average Bonchev–Trinajstić information content (AvgIpc) is 3.26. The molecule has 0 radical (unpaired) electrons. The van der Waals surface area contributed by atoms with Crippen molar-refractivity contribution in [3.63, 3.8) is 0 Å². The summed E-state index contributed by atoms with van der Waals surface area (Å²) in [5.74, 6) is 0.713. The molecule has 0 bridgehead atoms. The van der Waals surface area contributed by atoms with E-state index in [0.717, 1.165) is 18.4 Å². The van der Waals surface area contributed by atoms with E-state index in [-0.39, 0.29) is 11.4 Å². The van der Waals surface area contributed by atoms with E-state index < -0.39 is 0 Å². The molecule has 5 nitrogen and oxygen atoms in total. The predicted octanol–water partition coefficient (Wildman–Crippen LogP) is 1.83.